The van der Waals surface area contributed by atoms with Crippen molar-refractivity contribution in [2.45, 2.75) is 19.3 Å². The Morgan fingerprint density at radius 2 is 2.11 bits per heavy atom. The van der Waals surface area contributed by atoms with Gasteiger partial charge in [-0.15, -0.1) is 0 Å². The van der Waals surface area contributed by atoms with Crippen LogP contribution in [0.4, 0.5) is 0 Å². The van der Waals surface area contributed by atoms with Gasteiger partial charge in [-0.05, 0) is 31.5 Å². The standard InChI is InChI=1S/C19H25N3O4S2/c23-17(20-6-3-7-21-9-12-25-13-10-21)5-1-8-22-18(24)16(28-19(22)27)14-15-4-2-11-26-15/h2,4,11,14H,1,3,5-10,12-13H2,(H,20,23)/b16-14+. The number of hydrogen-bond acceptors (Lipinski definition) is 7. The van der Waals surface area contributed by atoms with E-state index in [-0.39, 0.29) is 11.8 Å². The Bertz CT molecular complexity index is 715. The monoisotopic (exact) mass is 423 g/mol. The molecule has 0 unspecified atom stereocenters. The van der Waals surface area contributed by atoms with E-state index in [0.717, 1.165) is 39.3 Å². The van der Waals surface area contributed by atoms with E-state index < -0.39 is 0 Å². The number of ether oxygens (including phenoxy) is 1. The van der Waals surface area contributed by atoms with Crippen LogP contribution >= 0.6 is 24.0 Å². The fourth-order valence-corrected chi connectivity index (χ4v) is 4.33. The second kappa shape index (κ2) is 10.8. The highest BCUT2D eigenvalue weighted by Gasteiger charge is 2.31. The predicted molar refractivity (Wildman–Crippen MR) is 113 cm³/mol. The molecule has 1 aromatic rings. The van der Waals surface area contributed by atoms with Crippen molar-refractivity contribution >= 4 is 46.2 Å². The minimum Gasteiger partial charge on any atom is -0.465 e. The first-order valence-electron chi connectivity index (χ1n) is 9.49. The third kappa shape index (κ3) is 6.16. The van der Waals surface area contributed by atoms with Gasteiger partial charge >= 0.3 is 0 Å². The Morgan fingerprint density at radius 3 is 2.86 bits per heavy atom. The van der Waals surface area contributed by atoms with Crippen molar-refractivity contribution in [3.8, 4) is 0 Å². The molecule has 3 rings (SSSR count). The smallest absolute Gasteiger partial charge is 0.266 e. The Labute approximate surface area is 174 Å². The van der Waals surface area contributed by atoms with Crippen LogP contribution in [0.5, 0.6) is 0 Å². The lowest BCUT2D eigenvalue weighted by Crippen LogP contribution is -2.38. The second-order valence-corrected chi connectivity index (χ2v) is 8.29. The molecule has 0 aliphatic carbocycles. The second-order valence-electron chi connectivity index (χ2n) is 6.61. The van der Waals surface area contributed by atoms with Crippen molar-refractivity contribution in [1.29, 1.82) is 0 Å². The summed E-state index contributed by atoms with van der Waals surface area (Å²) in [5, 5.41) is 2.95. The molecule has 28 heavy (non-hydrogen) atoms. The molecule has 2 amide bonds. The fraction of sp³-hybridized carbons (Fsp3) is 0.526. The van der Waals surface area contributed by atoms with Gasteiger partial charge in [-0.1, -0.05) is 24.0 Å². The maximum atomic E-state index is 12.5. The lowest BCUT2D eigenvalue weighted by molar-refractivity contribution is -0.124. The molecule has 2 aliphatic rings. The highest BCUT2D eigenvalue weighted by molar-refractivity contribution is 8.26. The van der Waals surface area contributed by atoms with Gasteiger partial charge in [0.15, 0.2) is 0 Å². The molecule has 2 fully saturated rings. The third-order valence-electron chi connectivity index (χ3n) is 4.55. The van der Waals surface area contributed by atoms with E-state index >= 15 is 0 Å². The summed E-state index contributed by atoms with van der Waals surface area (Å²) < 4.78 is 11.1. The van der Waals surface area contributed by atoms with Crippen LogP contribution in [-0.2, 0) is 14.3 Å². The molecule has 1 aromatic heterocycles. The van der Waals surface area contributed by atoms with Gasteiger partial charge < -0.3 is 14.5 Å². The summed E-state index contributed by atoms with van der Waals surface area (Å²) in [6.45, 7) is 5.60. The van der Waals surface area contributed by atoms with Crippen molar-refractivity contribution in [3.63, 3.8) is 0 Å². The fourth-order valence-electron chi connectivity index (χ4n) is 3.04. The van der Waals surface area contributed by atoms with Gasteiger partial charge in [0.25, 0.3) is 5.91 Å². The number of rotatable bonds is 9. The van der Waals surface area contributed by atoms with E-state index in [0.29, 0.717) is 40.9 Å². The average Bonchev–Trinajstić information content (AvgIpc) is 3.30. The molecule has 2 aliphatic heterocycles. The van der Waals surface area contributed by atoms with E-state index in [4.69, 9.17) is 21.4 Å². The highest BCUT2D eigenvalue weighted by atomic mass is 32.2. The number of morpholine rings is 1. The molecule has 2 saturated heterocycles. The zero-order valence-electron chi connectivity index (χ0n) is 15.7. The number of amides is 2. The van der Waals surface area contributed by atoms with Gasteiger partial charge in [0.05, 0.1) is 24.4 Å². The Kier molecular flexibility index (Phi) is 8.08. The summed E-state index contributed by atoms with van der Waals surface area (Å²) >= 11 is 6.56. The first-order chi connectivity index (χ1) is 13.6. The van der Waals surface area contributed by atoms with E-state index in [1.807, 2.05) is 0 Å². The Morgan fingerprint density at radius 1 is 1.29 bits per heavy atom. The minimum atomic E-state index is -0.127. The van der Waals surface area contributed by atoms with E-state index in [1.54, 1.807) is 29.4 Å². The lowest BCUT2D eigenvalue weighted by Gasteiger charge is -2.26. The number of nitrogens with zero attached hydrogens (tertiary/aromatic N) is 2. The van der Waals surface area contributed by atoms with Crippen molar-refractivity contribution in [1.82, 2.24) is 15.1 Å². The summed E-state index contributed by atoms with van der Waals surface area (Å²) in [5.41, 5.74) is 0. The van der Waals surface area contributed by atoms with Crippen LogP contribution in [-0.4, -0.2) is 71.9 Å². The molecule has 152 valence electrons. The van der Waals surface area contributed by atoms with Crippen LogP contribution in [0.3, 0.4) is 0 Å². The maximum Gasteiger partial charge on any atom is 0.266 e. The number of thioether (sulfide) groups is 1. The molecule has 0 radical (unpaired) electrons. The molecule has 3 heterocycles. The minimum absolute atomic E-state index is 0.0125. The maximum absolute atomic E-state index is 12.5. The first kappa shape index (κ1) is 21.0. The molecular weight excluding hydrogens is 398 g/mol. The van der Waals surface area contributed by atoms with E-state index in [2.05, 4.69) is 10.2 Å². The third-order valence-corrected chi connectivity index (χ3v) is 5.93. The molecule has 0 bridgehead atoms. The van der Waals surface area contributed by atoms with E-state index in [1.165, 1.54) is 11.8 Å². The molecule has 0 saturated carbocycles. The largest absolute Gasteiger partial charge is 0.465 e. The first-order valence-corrected chi connectivity index (χ1v) is 10.7. The summed E-state index contributed by atoms with van der Waals surface area (Å²) in [7, 11) is 0. The predicted octanol–water partition coefficient (Wildman–Crippen LogP) is 2.10. The van der Waals surface area contributed by atoms with Crippen LogP contribution in [0.1, 0.15) is 25.0 Å². The molecule has 7 nitrogen and oxygen atoms in total. The molecule has 1 N–H and O–H groups in total. The zero-order chi connectivity index (χ0) is 19.8. The number of carbonyl (C=O) groups excluding carboxylic acids is 2. The van der Waals surface area contributed by atoms with Crippen molar-refractivity contribution < 1.29 is 18.7 Å². The van der Waals surface area contributed by atoms with Gasteiger partial charge in [-0.3, -0.25) is 19.4 Å². The molecule has 0 aromatic carbocycles. The van der Waals surface area contributed by atoms with Gasteiger partial charge in [-0.25, -0.2) is 0 Å². The van der Waals surface area contributed by atoms with Gasteiger partial charge in [-0.2, -0.15) is 0 Å². The number of nitrogens with one attached hydrogen (secondary N) is 1. The average molecular weight is 424 g/mol. The lowest BCUT2D eigenvalue weighted by atomic mass is 10.2. The molecule has 9 heteroatoms. The Balaban J connectivity index is 1.32. The number of thiocarbonyl (C=S) groups is 1. The van der Waals surface area contributed by atoms with Crippen LogP contribution in [0.25, 0.3) is 6.08 Å². The van der Waals surface area contributed by atoms with E-state index in [9.17, 15) is 9.59 Å². The normalized spacial score (nSPS) is 19.6. The topological polar surface area (TPSA) is 75.0 Å². The summed E-state index contributed by atoms with van der Waals surface area (Å²) in [6.07, 6.45) is 5.15. The molecule has 0 atom stereocenters. The SMILES string of the molecule is O=C(CCCN1C(=O)/C(=C\c2ccco2)SC1=S)NCCCN1CCOCC1. The number of carbonyl (C=O) groups is 2. The quantitative estimate of drug-likeness (QED) is 0.370. The summed E-state index contributed by atoms with van der Waals surface area (Å²) in [5.74, 6) is 0.507. The highest BCUT2D eigenvalue weighted by Crippen LogP contribution is 2.32. The van der Waals surface area contributed by atoms with Gasteiger partial charge in [0.1, 0.15) is 10.1 Å². The molecular formula is C19H25N3O4S2. The number of furan rings is 1. The summed E-state index contributed by atoms with van der Waals surface area (Å²) in [6, 6.07) is 3.56. The summed E-state index contributed by atoms with van der Waals surface area (Å²) in [4.78, 5) is 28.9. The zero-order valence-corrected chi connectivity index (χ0v) is 17.4. The number of hydrogen-bond donors (Lipinski definition) is 1. The van der Waals surface area contributed by atoms with Crippen LogP contribution in [0.2, 0.25) is 0 Å². The van der Waals surface area contributed by atoms with Crippen LogP contribution in [0.15, 0.2) is 27.7 Å². The van der Waals surface area contributed by atoms with Crippen molar-refractivity contribution in [2.75, 3.05) is 45.9 Å². The molecule has 0 spiro atoms. The van der Waals surface area contributed by atoms with Crippen LogP contribution < -0.4 is 5.32 Å². The van der Waals surface area contributed by atoms with Crippen molar-refractivity contribution in [3.05, 3.63) is 29.1 Å². The van der Waals surface area contributed by atoms with Gasteiger partial charge in [0, 0.05) is 38.7 Å². The Hall–Kier alpha value is -1.68. The van der Waals surface area contributed by atoms with Gasteiger partial charge in [0.2, 0.25) is 5.91 Å². The van der Waals surface area contributed by atoms with Crippen molar-refractivity contribution in [2.24, 2.45) is 0 Å². The van der Waals surface area contributed by atoms with Crippen LogP contribution in [0, 0.1) is 0 Å².